The molecule has 0 bridgehead atoms. The van der Waals surface area contributed by atoms with Gasteiger partial charge in [0, 0.05) is 28.4 Å². The lowest BCUT2D eigenvalue weighted by molar-refractivity contribution is 0.744. The van der Waals surface area contributed by atoms with E-state index in [-0.39, 0.29) is 5.56 Å². The van der Waals surface area contributed by atoms with Gasteiger partial charge in [0.15, 0.2) is 5.65 Å². The summed E-state index contributed by atoms with van der Waals surface area (Å²) in [6.07, 6.45) is 6.30. The van der Waals surface area contributed by atoms with Crippen molar-refractivity contribution in [2.45, 2.75) is 31.7 Å². The highest BCUT2D eigenvalue weighted by Gasteiger charge is 2.17. The molecule has 1 aliphatic rings. The van der Waals surface area contributed by atoms with Gasteiger partial charge in [0.25, 0.3) is 5.56 Å². The van der Waals surface area contributed by atoms with Gasteiger partial charge in [0.2, 0.25) is 5.95 Å². The number of nitrogens with zero attached hydrogens (tertiary/aromatic N) is 2. The van der Waals surface area contributed by atoms with E-state index in [9.17, 15) is 4.79 Å². The molecule has 122 valence electrons. The number of hydrogen-bond acceptors (Lipinski definition) is 4. The molecule has 2 N–H and O–H groups in total. The minimum absolute atomic E-state index is 0.205. The molecule has 3 aromatic rings. The topological polar surface area (TPSA) is 70.7 Å². The lowest BCUT2D eigenvalue weighted by atomic mass is 10.0. The number of H-pyrrole nitrogens is 1. The molecule has 1 fully saturated rings. The van der Waals surface area contributed by atoms with Crippen LogP contribution in [0, 0.1) is 0 Å². The average molecular weight is 341 g/mol. The van der Waals surface area contributed by atoms with Crippen LogP contribution in [-0.2, 0) is 0 Å². The van der Waals surface area contributed by atoms with Gasteiger partial charge >= 0.3 is 0 Å². The summed E-state index contributed by atoms with van der Waals surface area (Å²) in [4.78, 5) is 24.3. The molecule has 4 rings (SSSR count). The van der Waals surface area contributed by atoms with Gasteiger partial charge in [-0.3, -0.25) is 9.78 Å². The summed E-state index contributed by atoms with van der Waals surface area (Å²) >= 11 is 6.29. The third-order valence-electron chi connectivity index (χ3n) is 4.47. The van der Waals surface area contributed by atoms with E-state index in [0.29, 0.717) is 28.0 Å². The number of anilines is 1. The van der Waals surface area contributed by atoms with E-state index in [1.54, 1.807) is 18.3 Å². The van der Waals surface area contributed by atoms with Crippen LogP contribution in [0.3, 0.4) is 0 Å². The predicted molar refractivity (Wildman–Crippen MR) is 96.5 cm³/mol. The van der Waals surface area contributed by atoms with Gasteiger partial charge in [0.05, 0.1) is 5.39 Å². The minimum Gasteiger partial charge on any atom is -0.353 e. The van der Waals surface area contributed by atoms with Crippen molar-refractivity contribution < 1.29 is 0 Å². The van der Waals surface area contributed by atoms with E-state index in [2.05, 4.69) is 20.3 Å². The molecule has 5 nitrogen and oxygen atoms in total. The third kappa shape index (κ3) is 2.76. The lowest BCUT2D eigenvalue weighted by Gasteiger charge is -2.13. The second-order valence-electron chi connectivity index (χ2n) is 6.08. The number of aromatic nitrogens is 3. The molecule has 0 unspecified atom stereocenters. The Hall–Kier alpha value is -2.40. The summed E-state index contributed by atoms with van der Waals surface area (Å²) in [6.45, 7) is 0. The van der Waals surface area contributed by atoms with Crippen LogP contribution >= 0.6 is 11.6 Å². The first-order valence-corrected chi connectivity index (χ1v) is 8.50. The van der Waals surface area contributed by atoms with E-state index < -0.39 is 0 Å². The molecule has 2 aromatic heterocycles. The minimum atomic E-state index is -0.205. The zero-order valence-electron chi connectivity index (χ0n) is 13.1. The first-order valence-electron chi connectivity index (χ1n) is 8.13. The van der Waals surface area contributed by atoms with Crippen LogP contribution in [-0.4, -0.2) is 21.0 Å². The summed E-state index contributed by atoms with van der Waals surface area (Å²) in [6, 6.07) is 9.62. The van der Waals surface area contributed by atoms with Crippen LogP contribution in [0.2, 0.25) is 5.02 Å². The summed E-state index contributed by atoms with van der Waals surface area (Å²) < 4.78 is 0. The fourth-order valence-electron chi connectivity index (χ4n) is 3.30. The first-order chi connectivity index (χ1) is 11.7. The van der Waals surface area contributed by atoms with Gasteiger partial charge in [-0.25, -0.2) is 4.98 Å². The molecule has 1 aliphatic carbocycles. The summed E-state index contributed by atoms with van der Waals surface area (Å²) in [5, 5.41) is 4.37. The Morgan fingerprint density at radius 2 is 1.92 bits per heavy atom. The molecule has 0 spiro atoms. The third-order valence-corrected chi connectivity index (χ3v) is 4.80. The van der Waals surface area contributed by atoms with Gasteiger partial charge in [-0.2, -0.15) is 4.98 Å². The molecule has 1 aromatic carbocycles. The molecule has 0 atom stereocenters. The van der Waals surface area contributed by atoms with Gasteiger partial charge in [-0.1, -0.05) is 42.6 Å². The smallest absolute Gasteiger partial charge is 0.262 e. The van der Waals surface area contributed by atoms with Gasteiger partial charge in [0.1, 0.15) is 0 Å². The van der Waals surface area contributed by atoms with Crippen molar-refractivity contribution in [3.8, 4) is 11.1 Å². The Kier molecular flexibility index (Phi) is 3.94. The average Bonchev–Trinajstić information content (AvgIpc) is 3.08. The standard InChI is InChI=1S/C18H17ClN4O/c19-14-8-4-3-7-12(14)13-9-10-20-16-15(13)17(24)23-18(22-16)21-11-5-1-2-6-11/h3-4,7-11H,1-2,5-6H2,(H2,20,21,22,23,24). The maximum Gasteiger partial charge on any atom is 0.262 e. The number of benzene rings is 1. The number of pyridine rings is 1. The molecule has 0 radical (unpaired) electrons. The zero-order chi connectivity index (χ0) is 16.5. The molecule has 24 heavy (non-hydrogen) atoms. The Bertz CT molecular complexity index is 947. The van der Waals surface area contributed by atoms with Crippen LogP contribution in [0.15, 0.2) is 41.3 Å². The van der Waals surface area contributed by atoms with Gasteiger partial charge in [-0.15, -0.1) is 0 Å². The highest BCUT2D eigenvalue weighted by atomic mass is 35.5. The molecule has 0 amide bonds. The van der Waals surface area contributed by atoms with Crippen LogP contribution < -0.4 is 10.9 Å². The molecule has 0 saturated heterocycles. The second kappa shape index (κ2) is 6.24. The summed E-state index contributed by atoms with van der Waals surface area (Å²) in [5.41, 5.74) is 1.77. The number of halogens is 1. The number of hydrogen-bond donors (Lipinski definition) is 2. The molecular weight excluding hydrogens is 324 g/mol. The van der Waals surface area contributed by atoms with Crippen molar-refractivity contribution in [3.05, 3.63) is 51.9 Å². The Labute approximate surface area is 144 Å². The highest BCUT2D eigenvalue weighted by molar-refractivity contribution is 6.33. The summed E-state index contributed by atoms with van der Waals surface area (Å²) in [7, 11) is 0. The van der Waals surface area contributed by atoms with Crippen LogP contribution in [0.25, 0.3) is 22.2 Å². The van der Waals surface area contributed by atoms with Crippen molar-refractivity contribution in [1.29, 1.82) is 0 Å². The highest BCUT2D eigenvalue weighted by Crippen LogP contribution is 2.30. The van der Waals surface area contributed by atoms with Crippen molar-refractivity contribution in [2.24, 2.45) is 0 Å². The quantitative estimate of drug-likeness (QED) is 0.756. The molecular formula is C18H17ClN4O. The van der Waals surface area contributed by atoms with Crippen LogP contribution in [0.4, 0.5) is 5.95 Å². The first kappa shape index (κ1) is 15.1. The van der Waals surface area contributed by atoms with Gasteiger partial charge < -0.3 is 5.32 Å². The fraction of sp³-hybridized carbons (Fsp3) is 0.278. The number of rotatable bonds is 3. The summed E-state index contributed by atoms with van der Waals surface area (Å²) in [5.74, 6) is 0.489. The molecule has 2 heterocycles. The zero-order valence-corrected chi connectivity index (χ0v) is 13.8. The number of fused-ring (bicyclic) bond motifs is 1. The maximum atomic E-state index is 12.7. The normalized spacial score (nSPS) is 15.0. The van der Waals surface area contributed by atoms with Crippen LogP contribution in [0.5, 0.6) is 0 Å². The van der Waals surface area contributed by atoms with E-state index in [4.69, 9.17) is 11.6 Å². The van der Waals surface area contributed by atoms with Crippen molar-refractivity contribution in [2.75, 3.05) is 5.32 Å². The van der Waals surface area contributed by atoms with E-state index in [1.807, 2.05) is 18.2 Å². The van der Waals surface area contributed by atoms with Crippen molar-refractivity contribution in [1.82, 2.24) is 15.0 Å². The second-order valence-corrected chi connectivity index (χ2v) is 6.48. The van der Waals surface area contributed by atoms with Crippen molar-refractivity contribution in [3.63, 3.8) is 0 Å². The van der Waals surface area contributed by atoms with E-state index in [0.717, 1.165) is 24.0 Å². The molecule has 0 aliphatic heterocycles. The predicted octanol–water partition coefficient (Wildman–Crippen LogP) is 3.99. The Morgan fingerprint density at radius 1 is 1.12 bits per heavy atom. The van der Waals surface area contributed by atoms with E-state index >= 15 is 0 Å². The molecule has 6 heteroatoms. The Balaban J connectivity index is 1.83. The fourth-order valence-corrected chi connectivity index (χ4v) is 3.54. The Morgan fingerprint density at radius 3 is 2.71 bits per heavy atom. The monoisotopic (exact) mass is 340 g/mol. The van der Waals surface area contributed by atoms with E-state index in [1.165, 1.54) is 12.8 Å². The SMILES string of the molecule is O=c1[nH]c(NC2CCCC2)nc2nccc(-c3ccccc3Cl)c12. The largest absolute Gasteiger partial charge is 0.353 e. The molecule has 1 saturated carbocycles. The lowest BCUT2D eigenvalue weighted by Crippen LogP contribution is -2.20. The van der Waals surface area contributed by atoms with Crippen molar-refractivity contribution >= 4 is 28.6 Å². The van der Waals surface area contributed by atoms with Gasteiger partial charge in [-0.05, 0) is 25.0 Å². The number of nitrogens with one attached hydrogen (secondary N) is 2. The van der Waals surface area contributed by atoms with Crippen LogP contribution in [0.1, 0.15) is 25.7 Å². The maximum absolute atomic E-state index is 12.7. The number of aromatic amines is 1.